The number of aromatic hydroxyl groups is 4. The lowest BCUT2D eigenvalue weighted by Crippen LogP contribution is -2.12. The number of hydrogen-bond donors (Lipinski definition) is 8. The fraction of sp³-hybridized carbons (Fsp3) is 0.0667. The number of sulfone groups is 1. The third-order valence-corrected chi connectivity index (χ3v) is 12.1. The number of fused-ring (bicyclic) bond motifs is 1. The quantitative estimate of drug-likeness (QED) is 0.00754. The Bertz CT molecular complexity index is 3030. The molecule has 0 unspecified atom stereocenters. The fourth-order valence-corrected chi connectivity index (χ4v) is 8.13. The number of nitro groups is 1. The molecule has 0 aromatic heterocycles. The summed E-state index contributed by atoms with van der Waals surface area (Å²) in [5.74, 6) is -4.04. The highest BCUT2D eigenvalue weighted by molar-refractivity contribution is 7.94. The van der Waals surface area contributed by atoms with Gasteiger partial charge in [-0.2, -0.15) is 16.8 Å². The van der Waals surface area contributed by atoms with Crippen molar-refractivity contribution in [2.45, 2.75) is 19.6 Å². The molecule has 0 heterocycles. The van der Waals surface area contributed by atoms with Crippen LogP contribution in [0.15, 0.2) is 117 Å². The summed E-state index contributed by atoms with van der Waals surface area (Å²) < 4.78 is 108. The fourth-order valence-electron chi connectivity index (χ4n) is 4.95. The summed E-state index contributed by atoms with van der Waals surface area (Å²) >= 11 is 0.186. The lowest BCUT2D eigenvalue weighted by atomic mass is 10.1. The zero-order chi connectivity index (χ0) is 46.3. The molecule has 5 rings (SSSR count). The van der Waals surface area contributed by atoms with Crippen molar-refractivity contribution in [3.8, 4) is 23.0 Å². The first kappa shape index (κ1) is 48.0. The number of phenols is 4. The number of benzene rings is 5. The molecular formula is C30H23N7O21S5. The van der Waals surface area contributed by atoms with Gasteiger partial charge in [-0.3, -0.25) is 23.4 Å². The Morgan fingerprint density at radius 3 is 1.92 bits per heavy atom. The highest BCUT2D eigenvalue weighted by Gasteiger charge is 2.25. The van der Waals surface area contributed by atoms with E-state index in [9.17, 15) is 64.9 Å². The van der Waals surface area contributed by atoms with Crippen LogP contribution in [0, 0.1) is 10.1 Å². The summed E-state index contributed by atoms with van der Waals surface area (Å²) in [5.41, 5.74) is -3.96. The van der Waals surface area contributed by atoms with Crippen molar-refractivity contribution < 1.29 is 93.2 Å². The molecule has 334 valence electrons. The van der Waals surface area contributed by atoms with E-state index in [4.69, 9.17) is 14.7 Å². The topological polar surface area (TPSA) is 428 Å². The van der Waals surface area contributed by atoms with Gasteiger partial charge in [0.05, 0.1) is 61.2 Å². The van der Waals surface area contributed by atoms with Gasteiger partial charge in [0, 0.05) is 6.07 Å². The molecule has 5 aromatic carbocycles. The summed E-state index contributed by atoms with van der Waals surface area (Å²) in [6.07, 6.45) is 0. The average molecular weight is 978 g/mol. The Hall–Kier alpha value is -6.05. The highest BCUT2D eigenvalue weighted by atomic mass is 32.2. The minimum Gasteiger partial charge on any atom is -0.505 e. The normalized spacial score (nSPS) is 12.6. The first-order valence-corrected chi connectivity index (χ1v) is 21.9. The van der Waals surface area contributed by atoms with E-state index in [1.165, 1.54) is 0 Å². The van der Waals surface area contributed by atoms with E-state index in [-0.39, 0.29) is 40.3 Å². The van der Waals surface area contributed by atoms with Crippen LogP contribution in [0.2, 0.25) is 0 Å². The summed E-state index contributed by atoms with van der Waals surface area (Å²) in [6, 6.07) is 9.46. The predicted molar refractivity (Wildman–Crippen MR) is 210 cm³/mol. The zero-order valence-electron chi connectivity index (χ0n) is 30.3. The first-order chi connectivity index (χ1) is 29.7. The Labute approximate surface area is 359 Å². The van der Waals surface area contributed by atoms with E-state index in [0.29, 0.717) is 12.1 Å². The molecule has 0 saturated heterocycles. The molecule has 0 atom stereocenters. The molecule has 0 aliphatic heterocycles. The van der Waals surface area contributed by atoms with E-state index in [2.05, 4.69) is 49.4 Å². The van der Waals surface area contributed by atoms with Crippen molar-refractivity contribution in [2.24, 2.45) is 30.7 Å². The number of non-ortho nitro benzene ring substituents is 1. The minimum atomic E-state index is -5.27. The summed E-state index contributed by atoms with van der Waals surface area (Å²) in [4.78, 5) is 7.22. The van der Waals surface area contributed by atoms with Crippen LogP contribution in [0.25, 0.3) is 10.8 Å². The second-order valence-electron chi connectivity index (χ2n) is 11.6. The molecule has 0 spiro atoms. The van der Waals surface area contributed by atoms with Crippen molar-refractivity contribution in [1.29, 1.82) is 0 Å². The molecule has 0 bridgehead atoms. The Morgan fingerprint density at radius 2 is 1.27 bits per heavy atom. The summed E-state index contributed by atoms with van der Waals surface area (Å²) in [6.45, 7) is -0.560. The molecule has 0 aliphatic carbocycles. The number of hydrogen-bond acceptors (Lipinski definition) is 27. The third-order valence-electron chi connectivity index (χ3n) is 7.72. The summed E-state index contributed by atoms with van der Waals surface area (Å²) in [5, 5.41) is 99.6. The van der Waals surface area contributed by atoms with Crippen LogP contribution >= 0.6 is 24.4 Å². The van der Waals surface area contributed by atoms with Gasteiger partial charge in [-0.05, 0) is 60.0 Å². The molecule has 0 fully saturated rings. The van der Waals surface area contributed by atoms with Crippen LogP contribution in [-0.2, 0) is 53.0 Å². The predicted octanol–water partition coefficient (Wildman–Crippen LogP) is 7.51. The molecular weight excluding hydrogens is 955 g/mol. The van der Waals surface area contributed by atoms with Crippen molar-refractivity contribution in [3.63, 3.8) is 0 Å². The molecule has 0 amide bonds. The van der Waals surface area contributed by atoms with Gasteiger partial charge >= 0.3 is 0 Å². The number of rotatable bonds is 19. The largest absolute Gasteiger partial charge is 0.505 e. The average Bonchev–Trinajstić information content (AvgIpc) is 3.21. The molecule has 28 nitrogen and oxygen atoms in total. The van der Waals surface area contributed by atoms with Gasteiger partial charge in [0.25, 0.3) is 25.9 Å². The molecule has 0 aliphatic rings. The van der Waals surface area contributed by atoms with Crippen molar-refractivity contribution in [2.75, 3.05) is 12.4 Å². The van der Waals surface area contributed by atoms with Gasteiger partial charge in [-0.25, -0.2) is 18.9 Å². The maximum atomic E-state index is 12.8. The van der Waals surface area contributed by atoms with E-state index in [1.54, 1.807) is 0 Å². The van der Waals surface area contributed by atoms with Crippen LogP contribution in [0.4, 0.5) is 39.8 Å². The van der Waals surface area contributed by atoms with Crippen LogP contribution in [0.1, 0.15) is 0 Å². The lowest BCUT2D eigenvalue weighted by Gasteiger charge is -2.12. The molecule has 0 radical (unpaired) electrons. The first-order valence-electron chi connectivity index (χ1n) is 16.0. The van der Waals surface area contributed by atoms with Crippen LogP contribution in [-0.4, -0.2) is 82.6 Å². The van der Waals surface area contributed by atoms with Gasteiger partial charge in [0.15, 0.2) is 39.3 Å². The second kappa shape index (κ2) is 20.0. The van der Waals surface area contributed by atoms with Gasteiger partial charge in [-0.1, -0.05) is 10.1 Å². The van der Waals surface area contributed by atoms with Crippen LogP contribution in [0.5, 0.6) is 23.0 Å². The van der Waals surface area contributed by atoms with Crippen LogP contribution < -0.4 is 0 Å². The highest BCUT2D eigenvalue weighted by Crippen LogP contribution is 2.49. The van der Waals surface area contributed by atoms with Gasteiger partial charge in [-0.15, -0.1) is 39.4 Å². The van der Waals surface area contributed by atoms with Gasteiger partial charge in [0.2, 0.25) is 0 Å². The second-order valence-corrected chi connectivity index (χ2v) is 17.8. The van der Waals surface area contributed by atoms with E-state index < -0.39 is 125 Å². The zero-order valence-corrected chi connectivity index (χ0v) is 34.4. The molecule has 0 saturated carbocycles. The number of phenolic OH excluding ortho intramolecular Hbond substituents is 4. The van der Waals surface area contributed by atoms with Crippen LogP contribution in [0.3, 0.4) is 0 Å². The number of nitrogens with zero attached hydrogens (tertiary/aromatic N) is 7. The molecule has 33 heteroatoms. The Balaban J connectivity index is 1.62. The SMILES string of the molecule is O=[N+]([O-])c1ccc(/N=N/c2c(O)ccc(/N=N\c3cc(S(=O)(=O)O)cc4cc(SOOO)c(/N=N/c5ccc(S(=O)(=O)CCOSOOO)cc5S(=O)(=O)O)c(O)c34)c2O)c(O)c1. The van der Waals surface area contributed by atoms with Gasteiger partial charge in [0.1, 0.15) is 39.1 Å². The van der Waals surface area contributed by atoms with Crippen molar-refractivity contribution in [1.82, 2.24) is 0 Å². The lowest BCUT2D eigenvalue weighted by molar-refractivity contribution is -0.434. The molecule has 8 N–H and O–H groups in total. The van der Waals surface area contributed by atoms with Gasteiger partial charge < -0.3 is 20.4 Å². The smallest absolute Gasteiger partial charge is 0.296 e. The molecule has 5 aromatic rings. The maximum absolute atomic E-state index is 12.8. The van der Waals surface area contributed by atoms with E-state index >= 15 is 0 Å². The molecule has 63 heavy (non-hydrogen) atoms. The standard InChI is InChI=1S/C30H23N7O21S5/c38-22-6-5-20(29(40)27(22)35-31-18-3-1-15(37(42)43)11-23(18)39)33-34-21-12-17(62(48,49)50)9-14-10-24(59-57-55-44)28(30(41)26(14)21)36-32-19-4-2-16(13-25(19)63(51,52)53)61(46,47)8-7-54-60-58-56-45/h1-6,9-13,38-41,44-45H,7-8H2,(H,48,49,50)(H,51,52,53)/b34-33-,35-31+,36-32+. The monoisotopic (exact) mass is 977 g/mol. The van der Waals surface area contributed by atoms with E-state index in [0.717, 1.165) is 54.6 Å². The minimum absolute atomic E-state index is 0.0719. The maximum Gasteiger partial charge on any atom is 0.296 e. The number of azo groups is 3. The van der Waals surface area contributed by atoms with Crippen molar-refractivity contribution in [3.05, 3.63) is 76.8 Å². The van der Waals surface area contributed by atoms with Crippen molar-refractivity contribution >= 4 is 105 Å². The Kier molecular flexibility index (Phi) is 15.2. The number of nitro benzene ring substituents is 1. The third kappa shape index (κ3) is 11.7. The summed E-state index contributed by atoms with van der Waals surface area (Å²) in [7, 11) is -14.6. The Morgan fingerprint density at radius 1 is 0.635 bits per heavy atom. The van der Waals surface area contributed by atoms with E-state index in [1.807, 2.05) is 0 Å².